The van der Waals surface area contributed by atoms with Crippen LogP contribution in [0.4, 0.5) is 5.69 Å². The van der Waals surface area contributed by atoms with E-state index in [9.17, 15) is 13.2 Å². The molecule has 27 heavy (non-hydrogen) atoms. The highest BCUT2D eigenvalue weighted by atomic mass is 35.5. The Balaban J connectivity index is 1.75. The van der Waals surface area contributed by atoms with Crippen LogP contribution in [0.2, 0.25) is 10.0 Å². The monoisotopic (exact) mass is 430 g/mol. The van der Waals surface area contributed by atoms with Gasteiger partial charge in [0.1, 0.15) is 5.76 Å². The van der Waals surface area contributed by atoms with E-state index in [1.54, 1.807) is 30.5 Å². The average Bonchev–Trinajstić information content (AvgIpc) is 3.24. The molecule has 1 amide bonds. The number of amides is 1. The molecule has 2 aromatic rings. The predicted molar refractivity (Wildman–Crippen MR) is 106 cm³/mol. The Morgan fingerprint density at radius 1 is 1.33 bits per heavy atom. The molecule has 1 saturated heterocycles. The van der Waals surface area contributed by atoms with Gasteiger partial charge in [-0.2, -0.15) is 0 Å². The average molecular weight is 431 g/mol. The van der Waals surface area contributed by atoms with E-state index >= 15 is 0 Å². The fourth-order valence-corrected chi connectivity index (χ4v) is 5.34. The molecule has 2 heterocycles. The van der Waals surface area contributed by atoms with Gasteiger partial charge in [0.15, 0.2) is 9.84 Å². The number of hydrogen-bond donors (Lipinski definition) is 1. The lowest BCUT2D eigenvalue weighted by Crippen LogP contribution is -2.41. The molecular weight excluding hydrogens is 411 g/mol. The molecule has 0 spiro atoms. The van der Waals surface area contributed by atoms with Gasteiger partial charge in [-0.1, -0.05) is 29.3 Å². The Bertz CT molecular complexity index is 929. The lowest BCUT2D eigenvalue weighted by molar-refractivity contribution is -0.118. The van der Waals surface area contributed by atoms with Crippen molar-refractivity contribution in [2.45, 2.75) is 25.9 Å². The maximum Gasteiger partial charge on any atom is 0.238 e. The summed E-state index contributed by atoms with van der Waals surface area (Å²) in [5.74, 6) is 0.509. The van der Waals surface area contributed by atoms with E-state index in [2.05, 4.69) is 5.32 Å². The number of furan rings is 1. The molecule has 146 valence electrons. The second-order valence-corrected chi connectivity index (χ2v) is 9.66. The lowest BCUT2D eigenvalue weighted by Gasteiger charge is -2.26. The largest absolute Gasteiger partial charge is 0.468 e. The van der Waals surface area contributed by atoms with E-state index in [1.165, 1.54) is 0 Å². The summed E-state index contributed by atoms with van der Waals surface area (Å²) in [6.45, 7) is 2.16. The first kappa shape index (κ1) is 20.2. The van der Waals surface area contributed by atoms with E-state index in [1.807, 2.05) is 11.8 Å². The van der Waals surface area contributed by atoms with Crippen LogP contribution in [0.5, 0.6) is 0 Å². The standard InChI is InChI=1S/C18H20Cl2N2O4S/c1-12-4-5-15(19)18(17(12)20)21-16(23)10-22(9-14-3-2-7-26-14)13-6-8-27(24,25)11-13/h2-5,7,13H,6,8-11H2,1H3,(H,21,23)/t13-/m0/s1. The molecule has 1 N–H and O–H groups in total. The van der Waals surface area contributed by atoms with Crippen LogP contribution >= 0.6 is 23.2 Å². The molecule has 0 aliphatic carbocycles. The van der Waals surface area contributed by atoms with Gasteiger partial charge in [-0.25, -0.2) is 8.42 Å². The van der Waals surface area contributed by atoms with Gasteiger partial charge < -0.3 is 9.73 Å². The van der Waals surface area contributed by atoms with Crippen molar-refractivity contribution in [3.8, 4) is 0 Å². The molecule has 1 aromatic heterocycles. The molecule has 1 aromatic carbocycles. The fourth-order valence-electron chi connectivity index (χ4n) is 3.11. The molecule has 0 bridgehead atoms. The first-order chi connectivity index (χ1) is 12.7. The van der Waals surface area contributed by atoms with Gasteiger partial charge in [0.05, 0.1) is 46.6 Å². The van der Waals surface area contributed by atoms with Gasteiger partial charge in [0.2, 0.25) is 5.91 Å². The Morgan fingerprint density at radius 3 is 2.74 bits per heavy atom. The Morgan fingerprint density at radius 2 is 2.11 bits per heavy atom. The molecule has 9 heteroatoms. The molecular formula is C18H20Cl2N2O4S. The Labute approximate surface area is 168 Å². The molecule has 1 fully saturated rings. The van der Waals surface area contributed by atoms with Gasteiger partial charge in [-0.3, -0.25) is 9.69 Å². The van der Waals surface area contributed by atoms with Crippen molar-refractivity contribution in [3.05, 3.63) is 51.9 Å². The second kappa shape index (κ2) is 8.22. The van der Waals surface area contributed by atoms with Gasteiger partial charge in [0.25, 0.3) is 0 Å². The van der Waals surface area contributed by atoms with Crippen molar-refractivity contribution in [1.82, 2.24) is 4.90 Å². The highest BCUT2D eigenvalue weighted by Gasteiger charge is 2.33. The number of halogens is 2. The number of nitrogens with zero attached hydrogens (tertiary/aromatic N) is 1. The summed E-state index contributed by atoms with van der Waals surface area (Å²) < 4.78 is 29.1. The minimum atomic E-state index is -3.08. The summed E-state index contributed by atoms with van der Waals surface area (Å²) in [5, 5.41) is 3.48. The summed E-state index contributed by atoms with van der Waals surface area (Å²) in [4.78, 5) is 14.5. The minimum absolute atomic E-state index is 0.00147. The van der Waals surface area contributed by atoms with E-state index < -0.39 is 9.84 Å². The molecule has 0 radical (unpaired) electrons. The summed E-state index contributed by atoms with van der Waals surface area (Å²) in [6, 6.07) is 6.75. The van der Waals surface area contributed by atoms with Crippen LogP contribution in [0, 0.1) is 6.92 Å². The van der Waals surface area contributed by atoms with Gasteiger partial charge in [-0.15, -0.1) is 0 Å². The van der Waals surface area contributed by atoms with Gasteiger partial charge in [0, 0.05) is 6.04 Å². The van der Waals surface area contributed by atoms with Crippen molar-refractivity contribution in [1.29, 1.82) is 0 Å². The van der Waals surface area contributed by atoms with Crippen LogP contribution < -0.4 is 5.32 Å². The summed E-state index contributed by atoms with van der Waals surface area (Å²) in [5.41, 5.74) is 1.16. The summed E-state index contributed by atoms with van der Waals surface area (Å²) in [6.07, 6.45) is 2.04. The zero-order chi connectivity index (χ0) is 19.6. The number of nitrogens with one attached hydrogen (secondary N) is 1. The smallest absolute Gasteiger partial charge is 0.238 e. The zero-order valence-corrected chi connectivity index (χ0v) is 17.1. The molecule has 6 nitrogen and oxygen atoms in total. The molecule has 0 saturated carbocycles. The van der Waals surface area contributed by atoms with Crippen LogP contribution in [-0.2, 0) is 21.2 Å². The third kappa shape index (κ3) is 5.04. The Hall–Kier alpha value is -1.54. The van der Waals surface area contributed by atoms with Gasteiger partial charge >= 0.3 is 0 Å². The first-order valence-electron chi connectivity index (χ1n) is 8.46. The summed E-state index contributed by atoms with van der Waals surface area (Å²) >= 11 is 12.4. The maximum atomic E-state index is 12.6. The van der Waals surface area contributed by atoms with E-state index in [0.717, 1.165) is 5.56 Å². The highest BCUT2D eigenvalue weighted by Crippen LogP contribution is 2.33. The number of carbonyl (C=O) groups is 1. The van der Waals surface area contributed by atoms with Crippen LogP contribution in [0.25, 0.3) is 0 Å². The van der Waals surface area contributed by atoms with Crippen LogP contribution in [-0.4, -0.2) is 43.3 Å². The van der Waals surface area contributed by atoms with Crippen molar-refractivity contribution in [2.24, 2.45) is 0 Å². The fraction of sp³-hybridized carbons (Fsp3) is 0.389. The van der Waals surface area contributed by atoms with Crippen LogP contribution in [0.3, 0.4) is 0 Å². The van der Waals surface area contributed by atoms with Crippen molar-refractivity contribution >= 4 is 44.6 Å². The number of anilines is 1. The number of carbonyl (C=O) groups excluding carboxylic acids is 1. The molecule has 1 atom stereocenters. The highest BCUT2D eigenvalue weighted by molar-refractivity contribution is 7.91. The zero-order valence-electron chi connectivity index (χ0n) is 14.7. The van der Waals surface area contributed by atoms with E-state index in [4.69, 9.17) is 27.6 Å². The SMILES string of the molecule is Cc1ccc(Cl)c(NC(=O)CN(Cc2ccco2)[C@H]2CCS(=O)(=O)C2)c1Cl. The lowest BCUT2D eigenvalue weighted by atomic mass is 10.2. The van der Waals surface area contributed by atoms with E-state index in [0.29, 0.717) is 34.5 Å². The number of rotatable bonds is 6. The van der Waals surface area contributed by atoms with Crippen molar-refractivity contribution in [2.75, 3.05) is 23.4 Å². The molecule has 1 aliphatic rings. The quantitative estimate of drug-likeness (QED) is 0.757. The third-order valence-electron chi connectivity index (χ3n) is 4.56. The normalized spacial score (nSPS) is 18.7. The van der Waals surface area contributed by atoms with Gasteiger partial charge in [-0.05, 0) is 37.1 Å². The third-order valence-corrected chi connectivity index (χ3v) is 7.11. The Kier molecular flexibility index (Phi) is 6.15. The molecule has 0 unspecified atom stereocenters. The second-order valence-electron chi connectivity index (χ2n) is 6.64. The van der Waals surface area contributed by atoms with Crippen LogP contribution in [0.1, 0.15) is 17.7 Å². The topological polar surface area (TPSA) is 79.6 Å². The number of aryl methyl sites for hydroxylation is 1. The number of benzene rings is 1. The first-order valence-corrected chi connectivity index (χ1v) is 11.0. The maximum absolute atomic E-state index is 12.6. The van der Waals surface area contributed by atoms with E-state index in [-0.39, 0.29) is 30.0 Å². The van der Waals surface area contributed by atoms with Crippen LogP contribution in [0.15, 0.2) is 34.9 Å². The molecule has 1 aliphatic heterocycles. The number of sulfone groups is 1. The van der Waals surface area contributed by atoms with Crippen molar-refractivity contribution in [3.63, 3.8) is 0 Å². The van der Waals surface area contributed by atoms with Crippen molar-refractivity contribution < 1.29 is 17.6 Å². The predicted octanol–water partition coefficient (Wildman–Crippen LogP) is 3.52. The number of hydrogen-bond acceptors (Lipinski definition) is 5. The summed E-state index contributed by atoms with van der Waals surface area (Å²) in [7, 11) is -3.08. The minimum Gasteiger partial charge on any atom is -0.468 e. The molecule has 3 rings (SSSR count).